The molecule has 3 aromatic rings. The first kappa shape index (κ1) is 24.2. The zero-order chi connectivity index (χ0) is 23.6. The van der Waals surface area contributed by atoms with Crippen molar-refractivity contribution in [2.45, 2.75) is 32.6 Å². The summed E-state index contributed by atoms with van der Waals surface area (Å²) in [6, 6.07) is 21.1. The fourth-order valence-electron chi connectivity index (χ4n) is 3.67. The molecular weight excluding hydrogens is 413 g/mol. The SMILES string of the molecule is C=CC(=O)N(C)CCOc1ccc(-c2ccc(-c3ccc(CCCCC)cc3)c(F)c2)cc1. The van der Waals surface area contributed by atoms with Crippen molar-refractivity contribution in [1.82, 2.24) is 4.90 Å². The Bertz CT molecular complexity index is 1060. The highest BCUT2D eigenvalue weighted by Crippen LogP contribution is 2.29. The molecule has 0 spiro atoms. The Morgan fingerprint density at radius 3 is 2.27 bits per heavy atom. The van der Waals surface area contributed by atoms with E-state index in [-0.39, 0.29) is 11.7 Å². The molecule has 0 bridgehead atoms. The standard InChI is InChI=1S/C29H32FNO2/c1-4-6-7-8-22-9-11-24(12-10-22)27-18-15-25(21-28(27)30)23-13-16-26(17-14-23)33-20-19-31(3)29(32)5-2/h5,9-18,21H,2,4,6-8,19-20H2,1,3H3. The zero-order valence-corrected chi connectivity index (χ0v) is 19.5. The van der Waals surface area contributed by atoms with E-state index in [1.807, 2.05) is 48.5 Å². The average molecular weight is 446 g/mol. The van der Waals surface area contributed by atoms with E-state index in [1.165, 1.54) is 30.9 Å². The molecular formula is C29H32FNO2. The second-order valence-corrected chi connectivity index (χ2v) is 8.19. The zero-order valence-electron chi connectivity index (χ0n) is 19.5. The number of carbonyl (C=O) groups is 1. The van der Waals surface area contributed by atoms with Gasteiger partial charge in [-0.15, -0.1) is 0 Å². The van der Waals surface area contributed by atoms with Gasteiger partial charge in [-0.05, 0) is 59.4 Å². The number of halogens is 1. The van der Waals surface area contributed by atoms with E-state index in [9.17, 15) is 9.18 Å². The number of carbonyl (C=O) groups excluding carboxylic acids is 1. The van der Waals surface area contributed by atoms with Crippen molar-refractivity contribution in [3.05, 3.63) is 90.8 Å². The Morgan fingerprint density at radius 2 is 1.64 bits per heavy atom. The summed E-state index contributed by atoms with van der Waals surface area (Å²) in [5, 5.41) is 0. The molecule has 0 N–H and O–H groups in total. The molecule has 0 radical (unpaired) electrons. The molecule has 0 aliphatic carbocycles. The summed E-state index contributed by atoms with van der Waals surface area (Å²) in [6.45, 7) is 6.53. The number of aryl methyl sites for hydroxylation is 1. The van der Waals surface area contributed by atoms with Crippen LogP contribution in [0.15, 0.2) is 79.4 Å². The molecule has 0 unspecified atom stereocenters. The third-order valence-electron chi connectivity index (χ3n) is 5.74. The lowest BCUT2D eigenvalue weighted by Crippen LogP contribution is -2.29. The fraction of sp³-hybridized carbons (Fsp3) is 0.276. The molecule has 172 valence electrons. The number of hydrogen-bond donors (Lipinski definition) is 0. The first-order valence-electron chi connectivity index (χ1n) is 11.5. The third kappa shape index (κ3) is 6.79. The molecule has 0 atom stereocenters. The molecule has 3 nitrogen and oxygen atoms in total. The monoisotopic (exact) mass is 445 g/mol. The van der Waals surface area contributed by atoms with Gasteiger partial charge in [0.2, 0.25) is 5.91 Å². The van der Waals surface area contributed by atoms with Crippen LogP contribution in [-0.4, -0.2) is 31.0 Å². The quantitative estimate of drug-likeness (QED) is 0.237. The topological polar surface area (TPSA) is 29.5 Å². The van der Waals surface area contributed by atoms with Crippen molar-refractivity contribution in [3.8, 4) is 28.0 Å². The maximum Gasteiger partial charge on any atom is 0.245 e. The molecule has 33 heavy (non-hydrogen) atoms. The molecule has 0 saturated heterocycles. The maximum atomic E-state index is 14.9. The molecule has 4 heteroatoms. The van der Waals surface area contributed by atoms with Crippen LogP contribution in [0.3, 0.4) is 0 Å². The lowest BCUT2D eigenvalue weighted by atomic mass is 9.98. The molecule has 3 aromatic carbocycles. The first-order chi connectivity index (χ1) is 16.0. The van der Waals surface area contributed by atoms with E-state index in [4.69, 9.17) is 4.74 Å². The van der Waals surface area contributed by atoms with Gasteiger partial charge >= 0.3 is 0 Å². The first-order valence-corrected chi connectivity index (χ1v) is 11.5. The highest BCUT2D eigenvalue weighted by molar-refractivity contribution is 5.86. The van der Waals surface area contributed by atoms with Crippen LogP contribution in [0.5, 0.6) is 5.75 Å². The molecule has 0 fully saturated rings. The predicted octanol–water partition coefficient (Wildman–Crippen LogP) is 6.92. The van der Waals surface area contributed by atoms with Gasteiger partial charge in [-0.3, -0.25) is 4.79 Å². The maximum absolute atomic E-state index is 14.9. The van der Waals surface area contributed by atoms with Crippen molar-refractivity contribution in [2.24, 2.45) is 0 Å². The van der Waals surface area contributed by atoms with E-state index in [1.54, 1.807) is 18.0 Å². The number of likely N-dealkylation sites (N-methyl/N-ethyl adjacent to an activating group) is 1. The number of ether oxygens (including phenoxy) is 1. The van der Waals surface area contributed by atoms with E-state index in [0.29, 0.717) is 24.5 Å². The van der Waals surface area contributed by atoms with Gasteiger partial charge in [-0.25, -0.2) is 4.39 Å². The van der Waals surface area contributed by atoms with Crippen LogP contribution < -0.4 is 4.74 Å². The second kappa shape index (κ2) is 12.0. The average Bonchev–Trinajstić information content (AvgIpc) is 2.84. The second-order valence-electron chi connectivity index (χ2n) is 8.19. The molecule has 0 saturated carbocycles. The minimum absolute atomic E-state index is 0.137. The van der Waals surface area contributed by atoms with Gasteiger partial charge in [-0.2, -0.15) is 0 Å². The number of hydrogen-bond acceptors (Lipinski definition) is 2. The smallest absolute Gasteiger partial charge is 0.245 e. The lowest BCUT2D eigenvalue weighted by molar-refractivity contribution is -0.125. The molecule has 1 amide bonds. The van der Waals surface area contributed by atoms with Gasteiger partial charge in [0.25, 0.3) is 0 Å². The predicted molar refractivity (Wildman–Crippen MR) is 134 cm³/mol. The number of benzene rings is 3. The van der Waals surface area contributed by atoms with Crippen LogP contribution in [0.25, 0.3) is 22.3 Å². The highest BCUT2D eigenvalue weighted by Gasteiger charge is 2.09. The van der Waals surface area contributed by atoms with Crippen molar-refractivity contribution in [2.75, 3.05) is 20.2 Å². The molecule has 0 aliphatic heterocycles. The minimum Gasteiger partial charge on any atom is -0.492 e. The van der Waals surface area contributed by atoms with Gasteiger partial charge in [0.1, 0.15) is 18.2 Å². The Hall–Kier alpha value is -3.40. The van der Waals surface area contributed by atoms with Crippen LogP contribution in [0.2, 0.25) is 0 Å². The molecule has 3 rings (SSSR count). The Morgan fingerprint density at radius 1 is 0.970 bits per heavy atom. The third-order valence-corrected chi connectivity index (χ3v) is 5.74. The normalized spacial score (nSPS) is 10.6. The number of unbranched alkanes of at least 4 members (excludes halogenated alkanes) is 2. The highest BCUT2D eigenvalue weighted by atomic mass is 19.1. The van der Waals surface area contributed by atoms with Crippen molar-refractivity contribution < 1.29 is 13.9 Å². The summed E-state index contributed by atoms with van der Waals surface area (Å²) >= 11 is 0. The Balaban J connectivity index is 1.62. The van der Waals surface area contributed by atoms with Crippen LogP contribution in [0, 0.1) is 5.82 Å². The van der Waals surface area contributed by atoms with Crippen molar-refractivity contribution >= 4 is 5.91 Å². The minimum atomic E-state index is -0.235. The van der Waals surface area contributed by atoms with Gasteiger partial charge in [-0.1, -0.05) is 74.9 Å². The number of amides is 1. The van der Waals surface area contributed by atoms with E-state index >= 15 is 0 Å². The Kier molecular flexibility index (Phi) is 8.82. The van der Waals surface area contributed by atoms with E-state index in [0.717, 1.165) is 23.1 Å². The van der Waals surface area contributed by atoms with E-state index in [2.05, 4.69) is 25.6 Å². The molecule has 0 heterocycles. The van der Waals surface area contributed by atoms with Gasteiger partial charge in [0.05, 0.1) is 6.54 Å². The van der Waals surface area contributed by atoms with Crippen LogP contribution in [-0.2, 0) is 11.2 Å². The summed E-state index contributed by atoms with van der Waals surface area (Å²) in [5.41, 5.74) is 4.53. The summed E-state index contributed by atoms with van der Waals surface area (Å²) in [7, 11) is 1.71. The molecule has 0 aromatic heterocycles. The van der Waals surface area contributed by atoms with E-state index < -0.39 is 0 Å². The van der Waals surface area contributed by atoms with Gasteiger partial charge in [0, 0.05) is 12.6 Å². The van der Waals surface area contributed by atoms with Gasteiger partial charge < -0.3 is 9.64 Å². The fourth-order valence-corrected chi connectivity index (χ4v) is 3.67. The van der Waals surface area contributed by atoms with Crippen LogP contribution in [0.1, 0.15) is 31.7 Å². The van der Waals surface area contributed by atoms with Crippen molar-refractivity contribution in [1.29, 1.82) is 0 Å². The lowest BCUT2D eigenvalue weighted by Gasteiger charge is -2.15. The van der Waals surface area contributed by atoms with Crippen molar-refractivity contribution in [3.63, 3.8) is 0 Å². The summed E-state index contributed by atoms with van der Waals surface area (Å²) < 4.78 is 20.6. The number of nitrogens with zero attached hydrogens (tertiary/aromatic N) is 1. The number of rotatable bonds is 11. The largest absolute Gasteiger partial charge is 0.492 e. The van der Waals surface area contributed by atoms with Crippen LogP contribution in [0.4, 0.5) is 4.39 Å². The summed E-state index contributed by atoms with van der Waals surface area (Å²) in [5.74, 6) is 0.332. The van der Waals surface area contributed by atoms with Crippen LogP contribution >= 0.6 is 0 Å². The summed E-state index contributed by atoms with van der Waals surface area (Å²) in [4.78, 5) is 13.0. The molecule has 0 aliphatic rings. The van der Waals surface area contributed by atoms with Gasteiger partial charge in [0.15, 0.2) is 0 Å². The Labute approximate surface area is 196 Å². The summed E-state index contributed by atoms with van der Waals surface area (Å²) in [6.07, 6.45) is 5.98.